The SMILES string of the molecule is Cc1nc2cc(F)cc(C(=O)N3CCN(C(=O)c4cccc(Cl)c4Cl)CC3)c2nc1C. The minimum atomic E-state index is -0.544. The summed E-state index contributed by atoms with van der Waals surface area (Å²) in [6.07, 6.45) is 0. The number of aryl methyl sites for hydroxylation is 2. The van der Waals surface area contributed by atoms with Crippen molar-refractivity contribution in [3.8, 4) is 0 Å². The van der Waals surface area contributed by atoms with Gasteiger partial charge in [-0.15, -0.1) is 0 Å². The van der Waals surface area contributed by atoms with Gasteiger partial charge in [-0.1, -0.05) is 29.3 Å². The summed E-state index contributed by atoms with van der Waals surface area (Å²) in [5.74, 6) is -1.12. The minimum Gasteiger partial charge on any atom is -0.335 e. The van der Waals surface area contributed by atoms with Gasteiger partial charge in [0.1, 0.15) is 11.3 Å². The molecule has 6 nitrogen and oxygen atoms in total. The molecule has 0 spiro atoms. The first-order valence-corrected chi connectivity index (χ1v) is 10.5. The summed E-state index contributed by atoms with van der Waals surface area (Å²) in [6, 6.07) is 7.37. The molecule has 31 heavy (non-hydrogen) atoms. The maximum Gasteiger partial charge on any atom is 0.256 e. The van der Waals surface area contributed by atoms with Gasteiger partial charge in [-0.3, -0.25) is 9.59 Å². The van der Waals surface area contributed by atoms with Gasteiger partial charge in [0.2, 0.25) is 0 Å². The molecule has 2 amide bonds. The molecule has 9 heteroatoms. The summed E-state index contributed by atoms with van der Waals surface area (Å²) >= 11 is 12.2. The fourth-order valence-electron chi connectivity index (χ4n) is 3.58. The van der Waals surface area contributed by atoms with Crippen LogP contribution in [0.25, 0.3) is 11.0 Å². The second-order valence-corrected chi connectivity index (χ2v) is 8.19. The number of piperazine rings is 1. The Balaban J connectivity index is 1.54. The third-order valence-electron chi connectivity index (χ3n) is 5.41. The highest BCUT2D eigenvalue weighted by Crippen LogP contribution is 2.27. The van der Waals surface area contributed by atoms with Crippen molar-refractivity contribution < 1.29 is 14.0 Å². The van der Waals surface area contributed by atoms with Crippen molar-refractivity contribution in [2.24, 2.45) is 0 Å². The van der Waals surface area contributed by atoms with Crippen LogP contribution in [0.5, 0.6) is 0 Å². The van der Waals surface area contributed by atoms with Crippen LogP contribution in [0.3, 0.4) is 0 Å². The number of rotatable bonds is 2. The van der Waals surface area contributed by atoms with E-state index in [1.54, 1.807) is 41.8 Å². The minimum absolute atomic E-state index is 0.170. The number of fused-ring (bicyclic) bond motifs is 1. The number of nitrogens with zero attached hydrogens (tertiary/aromatic N) is 4. The van der Waals surface area contributed by atoms with E-state index in [0.717, 1.165) is 0 Å². The zero-order valence-electron chi connectivity index (χ0n) is 17.0. The maximum absolute atomic E-state index is 14.2. The van der Waals surface area contributed by atoms with Crippen molar-refractivity contribution in [1.82, 2.24) is 19.8 Å². The molecular formula is C22H19Cl2FN4O2. The first-order valence-electron chi connectivity index (χ1n) is 9.73. The molecule has 0 atom stereocenters. The van der Waals surface area contributed by atoms with Crippen LogP contribution in [-0.2, 0) is 0 Å². The molecule has 1 aliphatic heterocycles. The molecule has 3 aromatic rings. The van der Waals surface area contributed by atoms with E-state index in [9.17, 15) is 14.0 Å². The van der Waals surface area contributed by atoms with Gasteiger partial charge in [0.05, 0.1) is 38.1 Å². The number of aromatic nitrogens is 2. The average molecular weight is 461 g/mol. The van der Waals surface area contributed by atoms with Crippen LogP contribution in [-0.4, -0.2) is 57.8 Å². The van der Waals surface area contributed by atoms with Crippen molar-refractivity contribution in [3.63, 3.8) is 0 Å². The summed E-state index contributed by atoms with van der Waals surface area (Å²) in [6.45, 7) is 4.84. The number of hydrogen-bond donors (Lipinski definition) is 0. The highest BCUT2D eigenvalue weighted by atomic mass is 35.5. The highest BCUT2D eigenvalue weighted by Gasteiger charge is 2.28. The first-order chi connectivity index (χ1) is 14.8. The van der Waals surface area contributed by atoms with Gasteiger partial charge < -0.3 is 9.80 Å². The van der Waals surface area contributed by atoms with Gasteiger partial charge in [0.15, 0.2) is 0 Å². The molecular weight excluding hydrogens is 442 g/mol. The number of amides is 2. The molecule has 1 fully saturated rings. The van der Waals surface area contributed by atoms with E-state index in [0.29, 0.717) is 59.2 Å². The van der Waals surface area contributed by atoms with Crippen LogP contribution < -0.4 is 0 Å². The summed E-state index contributed by atoms with van der Waals surface area (Å²) in [5.41, 5.74) is 2.58. The van der Waals surface area contributed by atoms with Crippen molar-refractivity contribution in [2.75, 3.05) is 26.2 Å². The predicted molar refractivity (Wildman–Crippen MR) is 117 cm³/mol. The Morgan fingerprint density at radius 1 is 0.903 bits per heavy atom. The molecule has 160 valence electrons. The van der Waals surface area contributed by atoms with E-state index in [1.807, 2.05) is 0 Å². The Bertz CT molecular complexity index is 1210. The molecule has 0 bridgehead atoms. The van der Waals surface area contributed by atoms with Gasteiger partial charge in [-0.2, -0.15) is 0 Å². The smallest absolute Gasteiger partial charge is 0.256 e. The number of hydrogen-bond acceptors (Lipinski definition) is 4. The predicted octanol–water partition coefficient (Wildman–Crippen LogP) is 4.29. The van der Waals surface area contributed by atoms with Crippen LogP contribution in [0.2, 0.25) is 10.0 Å². The summed E-state index contributed by atoms with van der Waals surface area (Å²) in [7, 11) is 0. The highest BCUT2D eigenvalue weighted by molar-refractivity contribution is 6.43. The van der Waals surface area contributed by atoms with Crippen LogP contribution in [0.1, 0.15) is 32.1 Å². The quantitative estimate of drug-likeness (QED) is 0.571. The summed E-state index contributed by atoms with van der Waals surface area (Å²) in [4.78, 5) is 38.0. The van der Waals surface area contributed by atoms with E-state index in [2.05, 4.69) is 9.97 Å². The van der Waals surface area contributed by atoms with E-state index in [-0.39, 0.29) is 22.4 Å². The summed E-state index contributed by atoms with van der Waals surface area (Å²) in [5, 5.41) is 0.522. The fourth-order valence-corrected chi connectivity index (χ4v) is 3.96. The molecule has 2 heterocycles. The average Bonchev–Trinajstić information content (AvgIpc) is 2.75. The van der Waals surface area contributed by atoms with E-state index >= 15 is 0 Å². The van der Waals surface area contributed by atoms with Crippen LogP contribution >= 0.6 is 23.2 Å². The topological polar surface area (TPSA) is 66.4 Å². The molecule has 0 radical (unpaired) electrons. The van der Waals surface area contributed by atoms with Crippen LogP contribution in [0.4, 0.5) is 4.39 Å². The maximum atomic E-state index is 14.2. The molecule has 0 N–H and O–H groups in total. The lowest BCUT2D eigenvalue weighted by Gasteiger charge is -2.35. The normalized spacial score (nSPS) is 14.2. The fraction of sp³-hybridized carbons (Fsp3) is 0.273. The number of halogens is 3. The second-order valence-electron chi connectivity index (χ2n) is 7.40. The largest absolute Gasteiger partial charge is 0.335 e. The molecule has 1 saturated heterocycles. The Kier molecular flexibility index (Phi) is 5.81. The number of carbonyl (C=O) groups is 2. The van der Waals surface area contributed by atoms with Gasteiger partial charge in [-0.05, 0) is 32.0 Å². The van der Waals surface area contributed by atoms with E-state index < -0.39 is 5.82 Å². The molecule has 0 aliphatic carbocycles. The van der Waals surface area contributed by atoms with Gasteiger partial charge >= 0.3 is 0 Å². The Labute approximate surface area is 188 Å². The Morgan fingerprint density at radius 2 is 1.48 bits per heavy atom. The molecule has 4 rings (SSSR count). The van der Waals surface area contributed by atoms with Crippen LogP contribution in [0.15, 0.2) is 30.3 Å². The van der Waals surface area contributed by atoms with Crippen molar-refractivity contribution in [1.29, 1.82) is 0 Å². The lowest BCUT2D eigenvalue weighted by atomic mass is 10.1. The Hall–Kier alpha value is -2.77. The lowest BCUT2D eigenvalue weighted by Crippen LogP contribution is -2.50. The number of carbonyl (C=O) groups excluding carboxylic acids is 2. The standard InChI is InChI=1S/C22H19Cl2FN4O2/c1-12-13(2)27-20-16(10-14(25)11-18(20)26-12)22(31)29-8-6-28(7-9-29)21(30)15-4-3-5-17(23)19(15)24/h3-5,10-11H,6-9H2,1-2H3. The lowest BCUT2D eigenvalue weighted by molar-refractivity contribution is 0.0536. The molecule has 0 unspecified atom stereocenters. The third kappa shape index (κ3) is 4.07. The van der Waals surface area contributed by atoms with Gasteiger partial charge in [0, 0.05) is 32.2 Å². The second kappa shape index (κ2) is 8.40. The van der Waals surface area contributed by atoms with Crippen molar-refractivity contribution in [2.45, 2.75) is 13.8 Å². The van der Waals surface area contributed by atoms with E-state index in [1.165, 1.54) is 12.1 Å². The first kappa shape index (κ1) is 21.5. The Morgan fingerprint density at radius 3 is 2.13 bits per heavy atom. The van der Waals surface area contributed by atoms with Crippen molar-refractivity contribution in [3.05, 3.63) is 68.7 Å². The van der Waals surface area contributed by atoms with Crippen LogP contribution in [0, 0.1) is 19.7 Å². The van der Waals surface area contributed by atoms with E-state index in [4.69, 9.17) is 23.2 Å². The third-order valence-corrected chi connectivity index (χ3v) is 6.23. The monoisotopic (exact) mass is 460 g/mol. The molecule has 1 aromatic heterocycles. The number of benzene rings is 2. The zero-order chi connectivity index (χ0) is 22.3. The molecule has 2 aromatic carbocycles. The van der Waals surface area contributed by atoms with Gasteiger partial charge in [0.25, 0.3) is 11.8 Å². The zero-order valence-corrected chi connectivity index (χ0v) is 18.5. The molecule has 0 saturated carbocycles. The summed E-state index contributed by atoms with van der Waals surface area (Å²) < 4.78 is 14.2. The molecule has 1 aliphatic rings. The van der Waals surface area contributed by atoms with Gasteiger partial charge in [-0.25, -0.2) is 14.4 Å². The van der Waals surface area contributed by atoms with Crippen molar-refractivity contribution >= 4 is 46.0 Å².